The maximum absolute atomic E-state index is 6.12. The van der Waals surface area contributed by atoms with Crippen LogP contribution >= 0.6 is 35.0 Å². The van der Waals surface area contributed by atoms with Gasteiger partial charge < -0.3 is 0 Å². The van der Waals surface area contributed by atoms with E-state index in [1.165, 1.54) is 10.5 Å². The zero-order valence-corrected chi connectivity index (χ0v) is 11.7. The first-order chi connectivity index (χ1) is 8.16. The summed E-state index contributed by atoms with van der Waals surface area (Å²) in [5.74, 6) is 0.793. The third kappa shape index (κ3) is 3.41. The van der Waals surface area contributed by atoms with Gasteiger partial charge >= 0.3 is 0 Å². The van der Waals surface area contributed by atoms with Crippen LogP contribution in [0.2, 0.25) is 10.0 Å². The van der Waals surface area contributed by atoms with E-state index in [-0.39, 0.29) is 0 Å². The molecular formula is C14H12Cl2S. The van der Waals surface area contributed by atoms with Crippen molar-refractivity contribution in [1.29, 1.82) is 0 Å². The van der Waals surface area contributed by atoms with Gasteiger partial charge in [-0.05, 0) is 36.8 Å². The maximum Gasteiger partial charge on any atom is 0.0461 e. The molecule has 0 N–H and O–H groups in total. The lowest BCUT2D eigenvalue weighted by Gasteiger charge is -2.06. The number of thioether (sulfide) groups is 1. The first-order valence-electron chi connectivity index (χ1n) is 5.29. The van der Waals surface area contributed by atoms with Crippen molar-refractivity contribution in [2.24, 2.45) is 0 Å². The molecule has 0 aliphatic heterocycles. The first-order valence-corrected chi connectivity index (χ1v) is 7.03. The van der Waals surface area contributed by atoms with Crippen LogP contribution < -0.4 is 0 Å². The van der Waals surface area contributed by atoms with Gasteiger partial charge in [-0.15, -0.1) is 11.8 Å². The summed E-state index contributed by atoms with van der Waals surface area (Å²) in [6, 6.07) is 14.1. The zero-order valence-electron chi connectivity index (χ0n) is 9.41. The maximum atomic E-state index is 6.12. The second-order valence-electron chi connectivity index (χ2n) is 3.80. The molecule has 0 bridgehead atoms. The minimum atomic E-state index is 0.733. The lowest BCUT2D eigenvalue weighted by atomic mass is 10.2. The van der Waals surface area contributed by atoms with E-state index in [1.807, 2.05) is 18.2 Å². The Hall–Kier alpha value is -0.630. The summed E-state index contributed by atoms with van der Waals surface area (Å²) in [6.07, 6.45) is 0. The van der Waals surface area contributed by atoms with Gasteiger partial charge in [-0.2, -0.15) is 0 Å². The van der Waals surface area contributed by atoms with Gasteiger partial charge in [-0.25, -0.2) is 0 Å². The van der Waals surface area contributed by atoms with Crippen molar-refractivity contribution in [3.05, 3.63) is 63.6 Å². The number of hydrogen-bond donors (Lipinski definition) is 0. The lowest BCUT2D eigenvalue weighted by Crippen LogP contribution is -1.84. The van der Waals surface area contributed by atoms with Crippen LogP contribution in [0.5, 0.6) is 0 Å². The highest BCUT2D eigenvalue weighted by Gasteiger charge is 2.05. The molecule has 0 radical (unpaired) electrons. The molecule has 0 atom stereocenters. The molecule has 0 aliphatic rings. The average molecular weight is 283 g/mol. The van der Waals surface area contributed by atoms with Crippen LogP contribution in [0.3, 0.4) is 0 Å². The number of rotatable bonds is 3. The number of aryl methyl sites for hydroxylation is 1. The summed E-state index contributed by atoms with van der Waals surface area (Å²) in [5.41, 5.74) is 2.27. The molecule has 17 heavy (non-hydrogen) atoms. The van der Waals surface area contributed by atoms with Gasteiger partial charge in [0.05, 0.1) is 0 Å². The minimum absolute atomic E-state index is 0.733. The van der Waals surface area contributed by atoms with E-state index >= 15 is 0 Å². The van der Waals surface area contributed by atoms with Crippen molar-refractivity contribution in [2.75, 3.05) is 0 Å². The highest BCUT2D eigenvalue weighted by molar-refractivity contribution is 7.98. The molecule has 0 aromatic heterocycles. The van der Waals surface area contributed by atoms with E-state index < -0.39 is 0 Å². The summed E-state index contributed by atoms with van der Waals surface area (Å²) in [5, 5.41) is 1.47. The van der Waals surface area contributed by atoms with Crippen LogP contribution in [-0.4, -0.2) is 0 Å². The monoisotopic (exact) mass is 282 g/mol. The molecule has 0 saturated heterocycles. The second kappa shape index (κ2) is 5.81. The van der Waals surface area contributed by atoms with E-state index in [2.05, 4.69) is 31.2 Å². The van der Waals surface area contributed by atoms with E-state index in [0.29, 0.717) is 0 Å². The lowest BCUT2D eigenvalue weighted by molar-refractivity contribution is 1.35. The molecule has 0 fully saturated rings. The topological polar surface area (TPSA) is 0 Å². The van der Waals surface area contributed by atoms with Crippen LogP contribution in [0, 0.1) is 6.92 Å². The van der Waals surface area contributed by atoms with Gasteiger partial charge in [0.15, 0.2) is 0 Å². The van der Waals surface area contributed by atoms with E-state index in [9.17, 15) is 0 Å². The molecule has 88 valence electrons. The summed E-state index contributed by atoms with van der Waals surface area (Å²) >= 11 is 14.0. The van der Waals surface area contributed by atoms with E-state index in [1.54, 1.807) is 11.8 Å². The minimum Gasteiger partial charge on any atom is -0.121 e. The van der Waals surface area contributed by atoms with Gasteiger partial charge in [0.1, 0.15) is 0 Å². The molecule has 0 nitrogen and oxygen atoms in total. The SMILES string of the molecule is Cc1ccc(SCc2c(Cl)cccc2Cl)cc1. The fraction of sp³-hybridized carbons (Fsp3) is 0.143. The van der Waals surface area contributed by atoms with Gasteiger partial charge in [0.25, 0.3) is 0 Å². The van der Waals surface area contributed by atoms with Crippen molar-refractivity contribution in [1.82, 2.24) is 0 Å². The van der Waals surface area contributed by atoms with Crippen LogP contribution in [-0.2, 0) is 5.75 Å². The normalized spacial score (nSPS) is 10.5. The smallest absolute Gasteiger partial charge is 0.0461 e. The van der Waals surface area contributed by atoms with Crippen molar-refractivity contribution in [3.63, 3.8) is 0 Å². The number of hydrogen-bond acceptors (Lipinski definition) is 1. The largest absolute Gasteiger partial charge is 0.121 e. The van der Waals surface area contributed by atoms with Gasteiger partial charge in [0.2, 0.25) is 0 Å². The molecule has 0 heterocycles. The van der Waals surface area contributed by atoms with Crippen LogP contribution in [0.25, 0.3) is 0 Å². The standard InChI is InChI=1S/C14H12Cl2S/c1-10-5-7-11(8-6-10)17-9-12-13(15)3-2-4-14(12)16/h2-8H,9H2,1H3. The molecule has 2 aromatic rings. The molecule has 0 saturated carbocycles. The fourth-order valence-electron chi connectivity index (χ4n) is 1.46. The quantitative estimate of drug-likeness (QED) is 0.661. The van der Waals surface area contributed by atoms with Crippen molar-refractivity contribution in [3.8, 4) is 0 Å². The summed E-state index contributed by atoms with van der Waals surface area (Å²) in [7, 11) is 0. The summed E-state index contributed by atoms with van der Waals surface area (Å²) < 4.78 is 0. The number of benzene rings is 2. The Morgan fingerprint density at radius 1 is 0.941 bits per heavy atom. The molecular weight excluding hydrogens is 271 g/mol. The Labute approximate surface area is 116 Å². The molecule has 0 spiro atoms. The molecule has 2 aromatic carbocycles. The van der Waals surface area contributed by atoms with Crippen molar-refractivity contribution < 1.29 is 0 Å². The molecule has 3 heteroatoms. The van der Waals surface area contributed by atoms with Crippen LogP contribution in [0.4, 0.5) is 0 Å². The van der Waals surface area contributed by atoms with Crippen LogP contribution in [0.15, 0.2) is 47.4 Å². The predicted molar refractivity (Wildman–Crippen MR) is 77.2 cm³/mol. The van der Waals surface area contributed by atoms with Crippen molar-refractivity contribution >= 4 is 35.0 Å². The average Bonchev–Trinajstić information content (AvgIpc) is 2.31. The Morgan fingerprint density at radius 3 is 2.12 bits per heavy atom. The van der Waals surface area contributed by atoms with Crippen molar-refractivity contribution in [2.45, 2.75) is 17.6 Å². The Balaban J connectivity index is 2.10. The molecule has 2 rings (SSSR count). The summed E-state index contributed by atoms with van der Waals surface area (Å²) in [6.45, 7) is 2.08. The van der Waals surface area contributed by atoms with E-state index in [4.69, 9.17) is 23.2 Å². The Kier molecular flexibility index (Phi) is 4.38. The molecule has 0 unspecified atom stereocenters. The highest BCUT2D eigenvalue weighted by Crippen LogP contribution is 2.31. The Bertz CT molecular complexity index is 486. The highest BCUT2D eigenvalue weighted by atomic mass is 35.5. The van der Waals surface area contributed by atoms with Crippen LogP contribution in [0.1, 0.15) is 11.1 Å². The fourth-order valence-corrected chi connectivity index (χ4v) is 3.10. The first kappa shape index (κ1) is 12.8. The zero-order chi connectivity index (χ0) is 12.3. The van der Waals surface area contributed by atoms with E-state index in [0.717, 1.165) is 21.4 Å². The van der Waals surface area contributed by atoms with Gasteiger partial charge in [0, 0.05) is 20.7 Å². The molecule has 0 amide bonds. The molecule has 0 aliphatic carbocycles. The van der Waals surface area contributed by atoms with Gasteiger partial charge in [-0.3, -0.25) is 0 Å². The Morgan fingerprint density at radius 2 is 1.53 bits per heavy atom. The third-order valence-electron chi connectivity index (χ3n) is 2.47. The summed E-state index contributed by atoms with van der Waals surface area (Å²) in [4.78, 5) is 1.23. The predicted octanol–water partition coefficient (Wildman–Crippen LogP) is 5.59. The second-order valence-corrected chi connectivity index (χ2v) is 5.67. The third-order valence-corrected chi connectivity index (χ3v) is 4.21. The van der Waals surface area contributed by atoms with Gasteiger partial charge in [-0.1, -0.05) is 47.0 Å². The number of halogens is 2.